The van der Waals surface area contributed by atoms with Crippen molar-refractivity contribution in [2.75, 3.05) is 27.2 Å². The molecule has 9 heteroatoms. The van der Waals surface area contributed by atoms with E-state index in [2.05, 4.69) is 45.4 Å². The lowest BCUT2D eigenvalue weighted by Crippen LogP contribution is -2.21. The number of nitrogens with zero attached hydrogens (tertiary/aromatic N) is 2. The van der Waals surface area contributed by atoms with E-state index in [-0.39, 0.29) is 0 Å². The third-order valence-corrected chi connectivity index (χ3v) is 3.91. The topological polar surface area (TPSA) is 78.5 Å². The molecule has 0 spiro atoms. The van der Waals surface area contributed by atoms with Crippen LogP contribution in [0.2, 0.25) is 0 Å². The summed E-state index contributed by atoms with van der Waals surface area (Å²) in [5, 5.41) is 14.2. The lowest BCUT2D eigenvalue weighted by atomic mass is 10.0. The number of aromatic amines is 1. The SMILES string of the molecule is CN(C)CCOc1ccccc1-c1cccc(-c2ccn[nH]2)c1.O=C(O)C(F)(F)F. The van der Waals surface area contributed by atoms with Crippen LogP contribution in [0.1, 0.15) is 0 Å². The normalized spacial score (nSPS) is 11.0. The van der Waals surface area contributed by atoms with Crippen LogP contribution >= 0.6 is 0 Å². The molecule has 1 heterocycles. The summed E-state index contributed by atoms with van der Waals surface area (Å²) in [5.74, 6) is -1.84. The molecule has 2 N–H and O–H groups in total. The zero-order valence-corrected chi connectivity index (χ0v) is 16.5. The summed E-state index contributed by atoms with van der Waals surface area (Å²) >= 11 is 0. The number of aliphatic carboxylic acids is 1. The van der Waals surface area contributed by atoms with Gasteiger partial charge in [-0.3, -0.25) is 5.10 Å². The molecule has 0 aliphatic heterocycles. The van der Waals surface area contributed by atoms with Crippen molar-refractivity contribution >= 4 is 5.97 Å². The molecule has 1 aromatic heterocycles. The number of ether oxygens (including phenoxy) is 1. The number of para-hydroxylation sites is 1. The number of carbonyl (C=O) groups is 1. The van der Waals surface area contributed by atoms with E-state index in [4.69, 9.17) is 14.6 Å². The minimum atomic E-state index is -5.08. The van der Waals surface area contributed by atoms with E-state index in [9.17, 15) is 13.2 Å². The maximum atomic E-state index is 10.6. The Balaban J connectivity index is 0.000000396. The smallest absolute Gasteiger partial charge is 0.490 e. The molecule has 3 aromatic rings. The van der Waals surface area contributed by atoms with E-state index in [1.807, 2.05) is 38.4 Å². The van der Waals surface area contributed by atoms with Gasteiger partial charge in [-0.05, 0) is 37.9 Å². The fraction of sp³-hybridized carbons (Fsp3) is 0.238. The van der Waals surface area contributed by atoms with Crippen LogP contribution in [0.25, 0.3) is 22.4 Å². The van der Waals surface area contributed by atoms with Crippen molar-refractivity contribution in [1.29, 1.82) is 0 Å². The van der Waals surface area contributed by atoms with Gasteiger partial charge in [-0.15, -0.1) is 0 Å². The highest BCUT2D eigenvalue weighted by molar-refractivity contribution is 5.75. The summed E-state index contributed by atoms with van der Waals surface area (Å²) in [6.07, 6.45) is -3.32. The fourth-order valence-electron chi connectivity index (χ4n) is 2.44. The molecule has 160 valence electrons. The third-order valence-electron chi connectivity index (χ3n) is 3.91. The van der Waals surface area contributed by atoms with Crippen LogP contribution < -0.4 is 4.74 Å². The Morgan fingerprint density at radius 2 is 1.77 bits per heavy atom. The summed E-state index contributed by atoms with van der Waals surface area (Å²) in [5.41, 5.74) is 4.37. The average Bonchev–Trinajstić information content (AvgIpc) is 3.23. The minimum absolute atomic E-state index is 0.671. The van der Waals surface area contributed by atoms with Gasteiger partial charge in [0, 0.05) is 23.9 Å². The largest absolute Gasteiger partial charge is 0.492 e. The second-order valence-electron chi connectivity index (χ2n) is 6.50. The molecule has 0 unspecified atom stereocenters. The molecule has 3 rings (SSSR count). The van der Waals surface area contributed by atoms with Gasteiger partial charge >= 0.3 is 12.1 Å². The molecule has 0 radical (unpaired) electrons. The highest BCUT2D eigenvalue weighted by Gasteiger charge is 2.38. The van der Waals surface area contributed by atoms with Crippen molar-refractivity contribution in [3.63, 3.8) is 0 Å². The van der Waals surface area contributed by atoms with Gasteiger partial charge in [0.15, 0.2) is 0 Å². The number of halogens is 3. The fourth-order valence-corrected chi connectivity index (χ4v) is 2.44. The standard InChI is InChI=1S/C19H21N3O.C2HF3O2/c1-22(2)12-13-23-19-9-4-3-8-17(19)15-6-5-7-16(14-15)18-10-11-20-21-18;3-2(4,5)1(6)7/h3-11,14H,12-13H2,1-2H3,(H,20,21);(H,6,7). The van der Waals surface area contributed by atoms with Crippen molar-refractivity contribution < 1.29 is 27.8 Å². The van der Waals surface area contributed by atoms with Gasteiger partial charge in [-0.25, -0.2) is 4.79 Å². The molecular formula is C21H22F3N3O3. The van der Waals surface area contributed by atoms with E-state index in [0.29, 0.717) is 6.61 Å². The van der Waals surface area contributed by atoms with Gasteiger partial charge in [0.05, 0.1) is 5.69 Å². The van der Waals surface area contributed by atoms with Gasteiger partial charge in [0.2, 0.25) is 0 Å². The van der Waals surface area contributed by atoms with E-state index >= 15 is 0 Å². The summed E-state index contributed by atoms with van der Waals surface area (Å²) < 4.78 is 37.7. The van der Waals surface area contributed by atoms with Gasteiger partial charge < -0.3 is 14.7 Å². The molecule has 0 amide bonds. The number of hydrogen-bond donors (Lipinski definition) is 2. The Morgan fingerprint density at radius 1 is 1.10 bits per heavy atom. The lowest BCUT2D eigenvalue weighted by Gasteiger charge is -2.14. The van der Waals surface area contributed by atoms with Crippen molar-refractivity contribution in [2.45, 2.75) is 6.18 Å². The Hall–Kier alpha value is -3.33. The molecule has 0 fully saturated rings. The molecule has 6 nitrogen and oxygen atoms in total. The van der Waals surface area contributed by atoms with Gasteiger partial charge in [0.25, 0.3) is 0 Å². The Morgan fingerprint density at radius 3 is 2.37 bits per heavy atom. The predicted molar refractivity (Wildman–Crippen MR) is 107 cm³/mol. The quantitative estimate of drug-likeness (QED) is 0.620. The third kappa shape index (κ3) is 6.93. The number of likely N-dealkylation sites (N-methyl/N-ethyl adjacent to an activating group) is 1. The lowest BCUT2D eigenvalue weighted by molar-refractivity contribution is -0.192. The number of H-pyrrole nitrogens is 1. The number of benzene rings is 2. The number of carboxylic acid groups (broad SMARTS) is 1. The van der Waals surface area contributed by atoms with Crippen molar-refractivity contribution in [1.82, 2.24) is 15.1 Å². The average molecular weight is 421 g/mol. The van der Waals surface area contributed by atoms with Crippen LogP contribution in [0, 0.1) is 0 Å². The van der Waals surface area contributed by atoms with E-state index in [1.54, 1.807) is 6.20 Å². The van der Waals surface area contributed by atoms with Crippen LogP contribution in [-0.2, 0) is 4.79 Å². The Bertz CT molecular complexity index is 942. The van der Waals surface area contributed by atoms with Gasteiger partial charge in [-0.1, -0.05) is 36.4 Å². The molecule has 0 aliphatic rings. The summed E-state index contributed by atoms with van der Waals surface area (Å²) in [7, 11) is 4.09. The number of alkyl halides is 3. The van der Waals surface area contributed by atoms with Gasteiger partial charge in [0.1, 0.15) is 12.4 Å². The number of nitrogens with one attached hydrogen (secondary N) is 1. The predicted octanol–water partition coefficient (Wildman–Crippen LogP) is 4.32. The first-order chi connectivity index (χ1) is 14.2. The first-order valence-corrected chi connectivity index (χ1v) is 8.95. The minimum Gasteiger partial charge on any atom is -0.492 e. The summed E-state index contributed by atoms with van der Waals surface area (Å²) in [6.45, 7) is 1.56. The molecule has 0 aliphatic carbocycles. The molecular weight excluding hydrogens is 399 g/mol. The maximum Gasteiger partial charge on any atom is 0.490 e. The number of carboxylic acids is 1. The highest BCUT2D eigenvalue weighted by atomic mass is 19.4. The van der Waals surface area contributed by atoms with Crippen LogP contribution in [0.5, 0.6) is 5.75 Å². The second kappa shape index (κ2) is 10.4. The van der Waals surface area contributed by atoms with E-state index in [0.717, 1.165) is 34.7 Å². The first-order valence-electron chi connectivity index (χ1n) is 8.95. The Labute approximate surface area is 171 Å². The van der Waals surface area contributed by atoms with Crippen molar-refractivity contribution in [2.24, 2.45) is 0 Å². The molecule has 0 bridgehead atoms. The van der Waals surface area contributed by atoms with Crippen LogP contribution in [0.4, 0.5) is 13.2 Å². The zero-order valence-electron chi connectivity index (χ0n) is 16.5. The molecule has 30 heavy (non-hydrogen) atoms. The van der Waals surface area contributed by atoms with Crippen molar-refractivity contribution in [3.05, 3.63) is 60.8 Å². The first kappa shape index (κ1) is 23.0. The van der Waals surface area contributed by atoms with E-state index in [1.165, 1.54) is 0 Å². The molecule has 0 saturated carbocycles. The molecule has 0 saturated heterocycles. The van der Waals surface area contributed by atoms with E-state index < -0.39 is 12.1 Å². The number of rotatable bonds is 6. The number of hydrogen-bond acceptors (Lipinski definition) is 4. The zero-order chi connectivity index (χ0) is 22.1. The highest BCUT2D eigenvalue weighted by Crippen LogP contribution is 2.32. The maximum absolute atomic E-state index is 10.6. The number of aromatic nitrogens is 2. The summed E-state index contributed by atoms with van der Waals surface area (Å²) in [6, 6.07) is 18.5. The monoisotopic (exact) mass is 421 g/mol. The molecule has 0 atom stereocenters. The summed E-state index contributed by atoms with van der Waals surface area (Å²) in [4.78, 5) is 11.0. The van der Waals surface area contributed by atoms with Crippen molar-refractivity contribution in [3.8, 4) is 28.1 Å². The molecule has 2 aromatic carbocycles. The second-order valence-corrected chi connectivity index (χ2v) is 6.50. The van der Waals surface area contributed by atoms with Crippen LogP contribution in [-0.4, -0.2) is 59.6 Å². The van der Waals surface area contributed by atoms with Crippen LogP contribution in [0.3, 0.4) is 0 Å². The Kier molecular flexibility index (Phi) is 7.99. The van der Waals surface area contributed by atoms with Crippen LogP contribution in [0.15, 0.2) is 60.8 Å². The van der Waals surface area contributed by atoms with Gasteiger partial charge in [-0.2, -0.15) is 18.3 Å².